The van der Waals surface area contributed by atoms with E-state index in [4.69, 9.17) is 0 Å². The lowest BCUT2D eigenvalue weighted by Gasteiger charge is -2.44. The van der Waals surface area contributed by atoms with Gasteiger partial charge in [0.15, 0.2) is 0 Å². The molecule has 178 valence electrons. The molecule has 2 aromatic carbocycles. The highest BCUT2D eigenvalue weighted by Gasteiger charge is 2.34. The number of nitrogens with zero attached hydrogens (tertiary/aromatic N) is 2. The van der Waals surface area contributed by atoms with Gasteiger partial charge >= 0.3 is 6.18 Å². The van der Waals surface area contributed by atoms with Gasteiger partial charge in [0.05, 0.1) is 11.6 Å². The van der Waals surface area contributed by atoms with Crippen LogP contribution in [0.1, 0.15) is 68.2 Å². The van der Waals surface area contributed by atoms with Crippen LogP contribution < -0.4 is 0 Å². The number of piperazine rings is 1. The van der Waals surface area contributed by atoms with E-state index >= 15 is 0 Å². The van der Waals surface area contributed by atoms with E-state index in [0.29, 0.717) is 32.0 Å². The third kappa shape index (κ3) is 5.78. The van der Waals surface area contributed by atoms with Crippen LogP contribution >= 0.6 is 0 Å². The van der Waals surface area contributed by atoms with Crippen molar-refractivity contribution in [1.29, 1.82) is 0 Å². The van der Waals surface area contributed by atoms with Crippen molar-refractivity contribution in [3.63, 3.8) is 0 Å². The van der Waals surface area contributed by atoms with Crippen molar-refractivity contribution in [3.8, 4) is 0 Å². The summed E-state index contributed by atoms with van der Waals surface area (Å²) in [6.45, 7) is 4.12. The van der Waals surface area contributed by atoms with Crippen molar-refractivity contribution < 1.29 is 18.0 Å². The van der Waals surface area contributed by atoms with Crippen molar-refractivity contribution in [2.45, 2.75) is 63.7 Å². The zero-order valence-electron chi connectivity index (χ0n) is 19.2. The summed E-state index contributed by atoms with van der Waals surface area (Å²) in [5, 5.41) is 0. The molecule has 1 amide bonds. The maximum Gasteiger partial charge on any atom is 0.416 e. The van der Waals surface area contributed by atoms with Gasteiger partial charge in [0.25, 0.3) is 0 Å². The first-order chi connectivity index (χ1) is 15.8. The normalized spacial score (nSPS) is 21.7. The summed E-state index contributed by atoms with van der Waals surface area (Å²) in [5.41, 5.74) is 1.25. The summed E-state index contributed by atoms with van der Waals surface area (Å²) in [6.07, 6.45) is 2.35. The van der Waals surface area contributed by atoms with E-state index in [1.165, 1.54) is 31.4 Å². The number of alkyl halides is 3. The molecule has 0 N–H and O–H groups in total. The Balaban J connectivity index is 1.50. The summed E-state index contributed by atoms with van der Waals surface area (Å²) in [5.74, 6) is 0.764. The molecule has 1 aliphatic heterocycles. The zero-order chi connectivity index (χ0) is 23.4. The largest absolute Gasteiger partial charge is 0.416 e. The topological polar surface area (TPSA) is 23.6 Å². The van der Waals surface area contributed by atoms with E-state index < -0.39 is 11.7 Å². The van der Waals surface area contributed by atoms with Gasteiger partial charge in [-0.3, -0.25) is 9.69 Å². The van der Waals surface area contributed by atoms with Crippen LogP contribution in [0.4, 0.5) is 13.2 Å². The highest BCUT2D eigenvalue weighted by Crippen LogP contribution is 2.35. The van der Waals surface area contributed by atoms with Crippen LogP contribution in [-0.4, -0.2) is 41.4 Å². The summed E-state index contributed by atoms with van der Waals surface area (Å²) in [7, 11) is 0. The molecule has 2 aliphatic rings. The van der Waals surface area contributed by atoms with Crippen LogP contribution in [0, 0.1) is 5.92 Å². The summed E-state index contributed by atoms with van der Waals surface area (Å²) < 4.78 is 39.3. The van der Waals surface area contributed by atoms with Gasteiger partial charge in [0.1, 0.15) is 0 Å². The van der Waals surface area contributed by atoms with E-state index in [2.05, 4.69) is 11.8 Å². The molecule has 2 aromatic rings. The Hall–Kier alpha value is -2.34. The van der Waals surface area contributed by atoms with E-state index in [9.17, 15) is 18.0 Å². The minimum absolute atomic E-state index is 0.0653. The maximum atomic E-state index is 13.1. The van der Waals surface area contributed by atoms with Crippen molar-refractivity contribution in [3.05, 3.63) is 71.3 Å². The van der Waals surface area contributed by atoms with Gasteiger partial charge in [0.2, 0.25) is 5.91 Å². The van der Waals surface area contributed by atoms with E-state index in [0.717, 1.165) is 24.0 Å². The molecule has 0 bridgehead atoms. The van der Waals surface area contributed by atoms with Gasteiger partial charge in [-0.2, -0.15) is 13.2 Å². The molecule has 33 heavy (non-hydrogen) atoms. The molecule has 0 aromatic heterocycles. The smallest absolute Gasteiger partial charge is 0.337 e. The average molecular weight is 459 g/mol. The molecule has 1 saturated heterocycles. The minimum atomic E-state index is -4.35. The Morgan fingerprint density at radius 3 is 2.18 bits per heavy atom. The van der Waals surface area contributed by atoms with Crippen molar-refractivity contribution in [2.75, 3.05) is 19.6 Å². The van der Waals surface area contributed by atoms with Gasteiger partial charge < -0.3 is 4.90 Å². The molecule has 3 nitrogen and oxygen atoms in total. The Bertz CT molecular complexity index is 907. The predicted octanol–water partition coefficient (Wildman–Crippen LogP) is 6.30. The van der Waals surface area contributed by atoms with E-state index in [1.807, 2.05) is 35.2 Å². The second-order valence-corrected chi connectivity index (χ2v) is 9.57. The molecule has 1 heterocycles. The van der Waals surface area contributed by atoms with E-state index in [1.54, 1.807) is 12.1 Å². The minimum Gasteiger partial charge on any atom is -0.337 e. The van der Waals surface area contributed by atoms with E-state index in [-0.39, 0.29) is 18.0 Å². The summed E-state index contributed by atoms with van der Waals surface area (Å²) in [4.78, 5) is 17.3. The molecule has 6 heteroatoms. The number of carbonyl (C=O) groups is 1. The van der Waals surface area contributed by atoms with Crippen LogP contribution in [0.5, 0.6) is 0 Å². The first-order valence-electron chi connectivity index (χ1n) is 12.1. The second kappa shape index (κ2) is 10.3. The Morgan fingerprint density at radius 2 is 1.58 bits per heavy atom. The van der Waals surface area contributed by atoms with Crippen molar-refractivity contribution in [2.24, 2.45) is 5.92 Å². The first kappa shape index (κ1) is 23.8. The Morgan fingerprint density at radius 1 is 0.939 bits per heavy atom. The third-order valence-corrected chi connectivity index (χ3v) is 7.20. The number of hydrogen-bond donors (Lipinski definition) is 0. The molecule has 2 unspecified atom stereocenters. The van der Waals surface area contributed by atoms with Gasteiger partial charge in [-0.25, -0.2) is 0 Å². The first-order valence-corrected chi connectivity index (χ1v) is 12.1. The average Bonchev–Trinajstić information content (AvgIpc) is 2.80. The molecular formula is C27H33F3N2O. The number of benzene rings is 2. The van der Waals surface area contributed by atoms with Crippen molar-refractivity contribution in [1.82, 2.24) is 9.80 Å². The second-order valence-electron chi connectivity index (χ2n) is 9.57. The highest BCUT2D eigenvalue weighted by atomic mass is 19.4. The molecule has 2 fully saturated rings. The van der Waals surface area contributed by atoms with Crippen LogP contribution in [0.3, 0.4) is 0 Å². The number of hydrogen-bond acceptors (Lipinski definition) is 2. The summed E-state index contributed by atoms with van der Waals surface area (Å²) in [6, 6.07) is 15.3. The maximum absolute atomic E-state index is 13.1. The lowest BCUT2D eigenvalue weighted by Crippen LogP contribution is -2.55. The predicted molar refractivity (Wildman–Crippen MR) is 124 cm³/mol. The number of amides is 1. The quantitative estimate of drug-likeness (QED) is 0.525. The van der Waals surface area contributed by atoms with Gasteiger partial charge in [0, 0.05) is 32.1 Å². The lowest BCUT2D eigenvalue weighted by molar-refractivity contribution is -0.138. The molecule has 0 spiro atoms. The standard InChI is InChI=1S/C27H33F3N2O/c1-20-19-31(16-17-32(20)25(33)18-21-8-4-2-5-9-21)26(22-10-6-3-7-11-22)23-12-14-24(15-13-23)27(28,29)30/h3,6-7,10-15,20-21,26H,2,4-5,8-9,16-19H2,1H3. The lowest BCUT2D eigenvalue weighted by atomic mass is 9.86. The summed E-state index contributed by atoms with van der Waals surface area (Å²) >= 11 is 0. The van der Waals surface area contributed by atoms with Gasteiger partial charge in [-0.1, -0.05) is 61.7 Å². The fourth-order valence-electron chi connectivity index (χ4n) is 5.45. The molecular weight excluding hydrogens is 425 g/mol. The number of halogens is 3. The molecule has 1 saturated carbocycles. The molecule has 1 aliphatic carbocycles. The zero-order valence-corrected chi connectivity index (χ0v) is 19.2. The molecule has 2 atom stereocenters. The third-order valence-electron chi connectivity index (χ3n) is 7.20. The fraction of sp³-hybridized carbons (Fsp3) is 0.519. The van der Waals surface area contributed by atoms with Crippen LogP contribution in [0.15, 0.2) is 54.6 Å². The van der Waals surface area contributed by atoms with Crippen molar-refractivity contribution >= 4 is 5.91 Å². The van der Waals surface area contributed by atoms with Gasteiger partial charge in [-0.15, -0.1) is 0 Å². The van der Waals surface area contributed by atoms with Gasteiger partial charge in [-0.05, 0) is 48.9 Å². The Labute approximate surface area is 194 Å². The van der Waals surface area contributed by atoms with Crippen LogP contribution in [0.25, 0.3) is 0 Å². The number of carbonyl (C=O) groups excluding carboxylic acids is 1. The highest BCUT2D eigenvalue weighted by molar-refractivity contribution is 5.77. The van der Waals surface area contributed by atoms with Crippen LogP contribution in [0.2, 0.25) is 0 Å². The molecule has 4 rings (SSSR count). The SMILES string of the molecule is CC1CN(C(c2ccccc2)c2ccc(C(F)(F)F)cc2)CCN1C(=O)CC1CCCCC1. The van der Waals surface area contributed by atoms with Crippen LogP contribution in [-0.2, 0) is 11.0 Å². The number of rotatable bonds is 5. The monoisotopic (exact) mass is 458 g/mol. The molecule has 0 radical (unpaired) electrons. The fourth-order valence-corrected chi connectivity index (χ4v) is 5.45. The Kier molecular flexibility index (Phi) is 7.42.